The van der Waals surface area contributed by atoms with Crippen molar-refractivity contribution >= 4 is 27.5 Å². The van der Waals surface area contributed by atoms with Gasteiger partial charge in [0, 0.05) is 6.20 Å². The Morgan fingerprint density at radius 3 is 2.85 bits per heavy atom. The molecule has 0 amide bonds. The van der Waals surface area contributed by atoms with Crippen molar-refractivity contribution in [2.24, 2.45) is 0 Å². The van der Waals surface area contributed by atoms with Crippen LogP contribution in [0, 0.1) is 5.82 Å². The number of halogens is 3. The second-order valence-electron chi connectivity index (χ2n) is 4.43. The Kier molecular flexibility index (Phi) is 5.52. The Bertz CT molecular complexity index is 592. The first-order chi connectivity index (χ1) is 9.61. The van der Waals surface area contributed by atoms with Crippen molar-refractivity contribution in [1.82, 2.24) is 10.3 Å². The van der Waals surface area contributed by atoms with Crippen molar-refractivity contribution in [3.05, 3.63) is 63.1 Å². The molecule has 2 nitrogen and oxygen atoms in total. The van der Waals surface area contributed by atoms with Gasteiger partial charge in [0.2, 0.25) is 0 Å². The number of likely N-dealkylation sites (N-methyl/N-ethyl adjacent to an activating group) is 1. The maximum absolute atomic E-state index is 13.3. The third kappa shape index (κ3) is 3.78. The second kappa shape index (κ2) is 7.16. The largest absolute Gasteiger partial charge is 0.309 e. The van der Waals surface area contributed by atoms with Crippen molar-refractivity contribution in [3.8, 4) is 0 Å². The summed E-state index contributed by atoms with van der Waals surface area (Å²) in [5.74, 6) is -0.260. The molecule has 0 aliphatic carbocycles. The van der Waals surface area contributed by atoms with E-state index in [0.717, 1.165) is 17.8 Å². The Labute approximate surface area is 131 Å². The van der Waals surface area contributed by atoms with E-state index in [9.17, 15) is 4.39 Å². The highest BCUT2D eigenvalue weighted by atomic mass is 79.9. The lowest BCUT2D eigenvalue weighted by Gasteiger charge is -2.18. The Balaban J connectivity index is 2.25. The van der Waals surface area contributed by atoms with E-state index < -0.39 is 0 Å². The Hall–Kier alpha value is -0.970. The van der Waals surface area contributed by atoms with Gasteiger partial charge in [0.05, 0.1) is 21.2 Å². The van der Waals surface area contributed by atoms with E-state index in [0.29, 0.717) is 15.9 Å². The lowest BCUT2D eigenvalue weighted by Crippen LogP contribution is -2.24. The summed E-state index contributed by atoms with van der Waals surface area (Å²) in [7, 11) is 0. The lowest BCUT2D eigenvalue weighted by atomic mass is 10.0. The minimum atomic E-state index is -0.260. The summed E-state index contributed by atoms with van der Waals surface area (Å²) < 4.78 is 13.7. The molecule has 1 unspecified atom stereocenters. The molecule has 1 aromatic carbocycles. The third-order valence-electron chi connectivity index (χ3n) is 2.99. The standard InChI is InChI=1S/C15H15BrClFN2/c1-2-19-14(15-12(17)4-3-7-20-15)9-10-5-6-13(18)11(16)8-10/h3-8,14,19H,2,9H2,1H3. The van der Waals surface area contributed by atoms with Gasteiger partial charge in [-0.2, -0.15) is 0 Å². The fourth-order valence-corrected chi connectivity index (χ4v) is 2.75. The van der Waals surface area contributed by atoms with Gasteiger partial charge in [0.25, 0.3) is 0 Å². The molecule has 0 fully saturated rings. The highest BCUT2D eigenvalue weighted by Gasteiger charge is 2.16. The quantitative estimate of drug-likeness (QED) is 0.850. The van der Waals surface area contributed by atoms with Crippen LogP contribution < -0.4 is 5.32 Å². The van der Waals surface area contributed by atoms with Gasteiger partial charge in [-0.3, -0.25) is 4.98 Å². The van der Waals surface area contributed by atoms with Crippen molar-refractivity contribution in [2.75, 3.05) is 6.54 Å². The minimum absolute atomic E-state index is 0.00561. The fraction of sp³-hybridized carbons (Fsp3) is 0.267. The zero-order valence-corrected chi connectivity index (χ0v) is 13.4. The summed E-state index contributed by atoms with van der Waals surface area (Å²) in [5, 5.41) is 4.00. The van der Waals surface area contributed by atoms with Crippen molar-refractivity contribution in [1.29, 1.82) is 0 Å². The molecule has 1 N–H and O–H groups in total. The topological polar surface area (TPSA) is 24.9 Å². The van der Waals surface area contributed by atoms with E-state index in [4.69, 9.17) is 11.6 Å². The molecule has 20 heavy (non-hydrogen) atoms. The number of nitrogens with zero attached hydrogens (tertiary/aromatic N) is 1. The molecular formula is C15H15BrClFN2. The highest BCUT2D eigenvalue weighted by Crippen LogP contribution is 2.25. The zero-order chi connectivity index (χ0) is 14.5. The van der Waals surface area contributed by atoms with Crippen LogP contribution in [0.3, 0.4) is 0 Å². The molecule has 0 aliphatic heterocycles. The number of hydrogen-bond acceptors (Lipinski definition) is 2. The first kappa shape index (κ1) is 15.4. The number of aromatic nitrogens is 1. The first-order valence-electron chi connectivity index (χ1n) is 6.39. The summed E-state index contributed by atoms with van der Waals surface area (Å²) >= 11 is 9.41. The van der Waals surface area contributed by atoms with Crippen LogP contribution in [0.1, 0.15) is 24.2 Å². The smallest absolute Gasteiger partial charge is 0.137 e. The van der Waals surface area contributed by atoms with Gasteiger partial charge in [-0.15, -0.1) is 0 Å². The van der Waals surface area contributed by atoms with Gasteiger partial charge in [-0.1, -0.05) is 24.6 Å². The van der Waals surface area contributed by atoms with E-state index >= 15 is 0 Å². The lowest BCUT2D eigenvalue weighted by molar-refractivity contribution is 0.536. The molecule has 0 saturated heterocycles. The molecular weight excluding hydrogens is 343 g/mol. The van der Waals surface area contributed by atoms with Crippen molar-refractivity contribution in [2.45, 2.75) is 19.4 Å². The maximum Gasteiger partial charge on any atom is 0.137 e. The van der Waals surface area contributed by atoms with Gasteiger partial charge in [0.1, 0.15) is 5.82 Å². The predicted octanol–water partition coefficient (Wildman–Crippen LogP) is 4.53. The SMILES string of the molecule is CCNC(Cc1ccc(F)c(Br)c1)c1ncccc1Cl. The number of rotatable bonds is 5. The van der Waals surface area contributed by atoms with E-state index in [2.05, 4.69) is 26.2 Å². The van der Waals surface area contributed by atoms with E-state index in [-0.39, 0.29) is 11.9 Å². The monoisotopic (exact) mass is 356 g/mol. The summed E-state index contributed by atoms with van der Waals surface area (Å²) in [6, 6.07) is 8.67. The van der Waals surface area contributed by atoms with Crippen molar-refractivity contribution < 1.29 is 4.39 Å². The fourth-order valence-electron chi connectivity index (χ4n) is 2.07. The Morgan fingerprint density at radius 1 is 1.40 bits per heavy atom. The molecule has 2 aromatic rings. The van der Waals surface area contributed by atoms with Crippen LogP contribution in [0.5, 0.6) is 0 Å². The zero-order valence-electron chi connectivity index (χ0n) is 11.0. The normalized spacial score (nSPS) is 12.4. The molecule has 0 saturated carbocycles. The van der Waals surface area contributed by atoms with Gasteiger partial charge in [0.15, 0.2) is 0 Å². The number of hydrogen-bond donors (Lipinski definition) is 1. The van der Waals surface area contributed by atoms with E-state index in [1.165, 1.54) is 6.07 Å². The molecule has 5 heteroatoms. The van der Waals surface area contributed by atoms with Crippen LogP contribution >= 0.6 is 27.5 Å². The average Bonchev–Trinajstić information content (AvgIpc) is 2.43. The molecule has 1 atom stereocenters. The number of benzene rings is 1. The molecule has 0 radical (unpaired) electrons. The van der Waals surface area contributed by atoms with Crippen LogP contribution in [-0.4, -0.2) is 11.5 Å². The highest BCUT2D eigenvalue weighted by molar-refractivity contribution is 9.10. The van der Waals surface area contributed by atoms with Crippen LogP contribution in [-0.2, 0) is 6.42 Å². The molecule has 106 valence electrons. The van der Waals surface area contributed by atoms with Gasteiger partial charge in [-0.25, -0.2) is 4.39 Å². The summed E-state index contributed by atoms with van der Waals surface area (Å²) in [6.07, 6.45) is 2.43. The maximum atomic E-state index is 13.3. The minimum Gasteiger partial charge on any atom is -0.309 e. The number of nitrogens with one attached hydrogen (secondary N) is 1. The summed E-state index contributed by atoms with van der Waals surface area (Å²) in [4.78, 5) is 4.35. The molecule has 2 rings (SSSR count). The van der Waals surface area contributed by atoms with Crippen LogP contribution in [0.15, 0.2) is 41.0 Å². The summed E-state index contributed by atoms with van der Waals surface area (Å²) in [5.41, 5.74) is 1.84. The summed E-state index contributed by atoms with van der Waals surface area (Å²) in [6.45, 7) is 2.84. The molecule has 0 bridgehead atoms. The Morgan fingerprint density at radius 2 is 2.20 bits per heavy atom. The average molecular weight is 358 g/mol. The predicted molar refractivity (Wildman–Crippen MR) is 83.5 cm³/mol. The molecule has 1 heterocycles. The van der Waals surface area contributed by atoms with Gasteiger partial charge >= 0.3 is 0 Å². The van der Waals surface area contributed by atoms with Gasteiger partial charge in [-0.05, 0) is 58.7 Å². The second-order valence-corrected chi connectivity index (χ2v) is 5.69. The van der Waals surface area contributed by atoms with Crippen LogP contribution in [0.2, 0.25) is 5.02 Å². The van der Waals surface area contributed by atoms with Crippen LogP contribution in [0.25, 0.3) is 0 Å². The van der Waals surface area contributed by atoms with Crippen molar-refractivity contribution in [3.63, 3.8) is 0 Å². The van der Waals surface area contributed by atoms with Gasteiger partial charge < -0.3 is 5.32 Å². The third-order valence-corrected chi connectivity index (χ3v) is 3.92. The molecule has 0 spiro atoms. The van der Waals surface area contributed by atoms with E-state index in [1.54, 1.807) is 18.3 Å². The van der Waals surface area contributed by atoms with Crippen LogP contribution in [0.4, 0.5) is 4.39 Å². The number of pyridine rings is 1. The first-order valence-corrected chi connectivity index (χ1v) is 7.56. The van der Waals surface area contributed by atoms with E-state index in [1.807, 2.05) is 19.1 Å². The molecule has 0 aliphatic rings. The molecule has 1 aromatic heterocycles.